The van der Waals surface area contributed by atoms with Gasteiger partial charge in [0.15, 0.2) is 0 Å². The van der Waals surface area contributed by atoms with Gasteiger partial charge in [0, 0.05) is 13.0 Å². The highest BCUT2D eigenvalue weighted by Gasteiger charge is 2.23. The fraction of sp³-hybridized carbons (Fsp3) is 0.900. The Labute approximate surface area is 212 Å². The van der Waals surface area contributed by atoms with E-state index in [2.05, 4.69) is 30.1 Å². The number of amides is 1. The smallest absolute Gasteiger partial charge is 0.220 e. The van der Waals surface area contributed by atoms with Gasteiger partial charge in [-0.3, -0.25) is 4.79 Å². The third kappa shape index (κ3) is 17.5. The van der Waals surface area contributed by atoms with Crippen LogP contribution < -0.4 is 5.32 Å². The molecule has 0 aromatic rings. The van der Waals surface area contributed by atoms with Gasteiger partial charge in [0.05, 0.1) is 12.1 Å². The van der Waals surface area contributed by atoms with Crippen LogP contribution in [0, 0.1) is 0 Å². The summed E-state index contributed by atoms with van der Waals surface area (Å²) in [6.45, 7) is 7.41. The molecule has 1 amide bonds. The van der Waals surface area contributed by atoms with Gasteiger partial charge in [-0.25, -0.2) is 0 Å². The second-order valence-electron chi connectivity index (χ2n) is 10.6. The van der Waals surface area contributed by atoms with Crippen molar-refractivity contribution in [1.29, 1.82) is 0 Å². The molecule has 0 aliphatic carbocycles. The molecule has 34 heavy (non-hydrogen) atoms. The maximum absolute atomic E-state index is 12.5. The summed E-state index contributed by atoms with van der Waals surface area (Å²) in [6, 6.07) is -0.199. The zero-order valence-corrected chi connectivity index (χ0v) is 22.9. The van der Waals surface area contributed by atoms with Crippen molar-refractivity contribution in [2.24, 2.45) is 0 Å². The molecule has 1 aliphatic rings. The molecule has 2 unspecified atom stereocenters. The van der Waals surface area contributed by atoms with Crippen molar-refractivity contribution in [3.63, 3.8) is 0 Å². The van der Waals surface area contributed by atoms with Gasteiger partial charge in [0.1, 0.15) is 0 Å². The van der Waals surface area contributed by atoms with E-state index in [1.807, 2.05) is 6.08 Å². The van der Waals surface area contributed by atoms with Crippen LogP contribution in [0.2, 0.25) is 0 Å². The van der Waals surface area contributed by atoms with E-state index in [-0.39, 0.29) is 11.9 Å². The Morgan fingerprint density at radius 2 is 1.29 bits per heavy atom. The number of carbonyl (C=O) groups excluding carboxylic acids is 1. The van der Waals surface area contributed by atoms with Crippen LogP contribution in [0.25, 0.3) is 0 Å². The molecule has 1 aliphatic heterocycles. The maximum atomic E-state index is 12.5. The van der Waals surface area contributed by atoms with Crippen LogP contribution in [0.5, 0.6) is 0 Å². The number of nitrogens with one attached hydrogen (secondary N) is 1. The number of aliphatic hydroxyl groups excluding tert-OH is 1. The summed E-state index contributed by atoms with van der Waals surface area (Å²) < 4.78 is 0. The molecular formula is C30H58N2O2. The number of aliphatic hydroxyl groups is 1. The van der Waals surface area contributed by atoms with Gasteiger partial charge in [-0.15, -0.1) is 0 Å². The molecule has 0 radical (unpaired) electrons. The van der Waals surface area contributed by atoms with Crippen molar-refractivity contribution in [3.05, 3.63) is 12.2 Å². The molecule has 2 atom stereocenters. The van der Waals surface area contributed by atoms with Crippen molar-refractivity contribution in [3.8, 4) is 0 Å². The second kappa shape index (κ2) is 22.6. The maximum Gasteiger partial charge on any atom is 0.220 e. The lowest BCUT2D eigenvalue weighted by molar-refractivity contribution is -0.122. The first-order chi connectivity index (χ1) is 16.7. The van der Waals surface area contributed by atoms with Crippen LogP contribution in [0.15, 0.2) is 12.2 Å². The minimum Gasteiger partial charge on any atom is -0.387 e. The normalized spacial score (nSPS) is 16.3. The molecule has 1 fully saturated rings. The Bertz CT molecular complexity index is 488. The van der Waals surface area contributed by atoms with Gasteiger partial charge < -0.3 is 15.3 Å². The number of hydrogen-bond donors (Lipinski definition) is 2. The molecule has 0 aromatic heterocycles. The highest BCUT2D eigenvalue weighted by Crippen LogP contribution is 2.13. The SMILES string of the molecule is CCCCCCCCCCCCC/C=C/C(O)C(CN1CCCC1)NC(=O)CCCCCCC. The summed E-state index contributed by atoms with van der Waals surface area (Å²) in [7, 11) is 0. The molecule has 4 nitrogen and oxygen atoms in total. The summed E-state index contributed by atoms with van der Waals surface area (Å²) in [5.41, 5.74) is 0. The zero-order chi connectivity index (χ0) is 24.7. The summed E-state index contributed by atoms with van der Waals surface area (Å²) in [5.74, 6) is 0.0958. The quantitative estimate of drug-likeness (QED) is 0.118. The van der Waals surface area contributed by atoms with Crippen LogP contribution in [0.3, 0.4) is 0 Å². The lowest BCUT2D eigenvalue weighted by Gasteiger charge is -2.27. The van der Waals surface area contributed by atoms with E-state index in [9.17, 15) is 9.90 Å². The molecule has 1 rings (SSSR count). The van der Waals surface area contributed by atoms with E-state index in [4.69, 9.17) is 0 Å². The number of likely N-dealkylation sites (tertiary alicyclic amines) is 1. The first kappa shape index (κ1) is 31.2. The van der Waals surface area contributed by atoms with Gasteiger partial charge in [-0.2, -0.15) is 0 Å². The monoisotopic (exact) mass is 478 g/mol. The lowest BCUT2D eigenvalue weighted by atomic mass is 10.0. The third-order valence-corrected chi connectivity index (χ3v) is 7.23. The number of carbonyl (C=O) groups is 1. The van der Waals surface area contributed by atoms with Crippen molar-refractivity contribution >= 4 is 5.91 Å². The summed E-state index contributed by atoms with van der Waals surface area (Å²) in [4.78, 5) is 14.9. The van der Waals surface area contributed by atoms with Crippen LogP contribution in [-0.4, -0.2) is 47.7 Å². The fourth-order valence-electron chi connectivity index (χ4n) is 4.95. The molecule has 0 saturated carbocycles. The molecule has 200 valence electrons. The van der Waals surface area contributed by atoms with E-state index in [1.165, 1.54) is 103 Å². The topological polar surface area (TPSA) is 52.6 Å². The number of hydrogen-bond acceptors (Lipinski definition) is 3. The van der Waals surface area contributed by atoms with Gasteiger partial charge in [0.2, 0.25) is 5.91 Å². The zero-order valence-electron chi connectivity index (χ0n) is 22.9. The van der Waals surface area contributed by atoms with E-state index in [1.54, 1.807) is 0 Å². The largest absolute Gasteiger partial charge is 0.387 e. The van der Waals surface area contributed by atoms with E-state index >= 15 is 0 Å². The van der Waals surface area contributed by atoms with Crippen molar-refractivity contribution < 1.29 is 9.90 Å². The predicted molar refractivity (Wildman–Crippen MR) is 147 cm³/mol. The van der Waals surface area contributed by atoms with Crippen molar-refractivity contribution in [2.75, 3.05) is 19.6 Å². The van der Waals surface area contributed by atoms with Crippen molar-refractivity contribution in [2.45, 2.75) is 154 Å². The van der Waals surface area contributed by atoms with E-state index in [0.29, 0.717) is 6.42 Å². The second-order valence-corrected chi connectivity index (χ2v) is 10.6. The molecule has 0 aromatic carbocycles. The Kier molecular flexibility index (Phi) is 20.7. The first-order valence-corrected chi connectivity index (χ1v) is 15.0. The predicted octanol–water partition coefficient (Wildman–Crippen LogP) is 7.55. The summed E-state index contributed by atoms with van der Waals surface area (Å²) in [5, 5.41) is 14.0. The molecule has 4 heteroatoms. The first-order valence-electron chi connectivity index (χ1n) is 15.0. The Morgan fingerprint density at radius 3 is 1.85 bits per heavy atom. The standard InChI is InChI=1S/C30H58N2O2/c1-3-5-7-9-10-11-12-13-14-15-16-18-19-23-29(33)28(27-32-25-21-22-26-32)31-30(34)24-20-17-8-6-4-2/h19,23,28-29,33H,3-18,20-22,24-27H2,1-2H3,(H,31,34)/b23-19+. The van der Waals surface area contributed by atoms with Gasteiger partial charge in [-0.1, -0.05) is 116 Å². The molecule has 1 saturated heterocycles. The van der Waals surface area contributed by atoms with Crippen LogP contribution in [0.1, 0.15) is 142 Å². The number of allylic oxidation sites excluding steroid dienone is 1. The van der Waals surface area contributed by atoms with Gasteiger partial charge in [-0.05, 0) is 45.2 Å². The number of unbranched alkanes of at least 4 members (excludes halogenated alkanes) is 15. The Hall–Kier alpha value is -0.870. The Balaban J connectivity index is 2.21. The average molecular weight is 479 g/mol. The fourth-order valence-corrected chi connectivity index (χ4v) is 4.95. The minimum absolute atomic E-state index is 0.0958. The van der Waals surface area contributed by atoms with Gasteiger partial charge >= 0.3 is 0 Å². The summed E-state index contributed by atoms with van der Waals surface area (Å²) in [6.07, 6.45) is 28.2. The molecular weight excluding hydrogens is 420 g/mol. The van der Waals surface area contributed by atoms with Crippen LogP contribution in [0.4, 0.5) is 0 Å². The van der Waals surface area contributed by atoms with E-state index in [0.717, 1.165) is 38.9 Å². The Morgan fingerprint density at radius 1 is 0.794 bits per heavy atom. The highest BCUT2D eigenvalue weighted by molar-refractivity contribution is 5.76. The molecule has 0 bridgehead atoms. The average Bonchev–Trinajstić information content (AvgIpc) is 3.34. The number of nitrogens with zero attached hydrogens (tertiary/aromatic N) is 1. The molecule has 1 heterocycles. The molecule has 0 spiro atoms. The summed E-state index contributed by atoms with van der Waals surface area (Å²) >= 11 is 0. The number of rotatable bonds is 23. The highest BCUT2D eigenvalue weighted by atomic mass is 16.3. The molecule has 2 N–H and O–H groups in total. The van der Waals surface area contributed by atoms with Crippen LogP contribution >= 0.6 is 0 Å². The van der Waals surface area contributed by atoms with E-state index < -0.39 is 6.10 Å². The van der Waals surface area contributed by atoms with Gasteiger partial charge in [0.25, 0.3) is 0 Å². The van der Waals surface area contributed by atoms with Crippen LogP contribution in [-0.2, 0) is 4.79 Å². The lowest BCUT2D eigenvalue weighted by Crippen LogP contribution is -2.49. The minimum atomic E-state index is -0.600. The third-order valence-electron chi connectivity index (χ3n) is 7.23. The van der Waals surface area contributed by atoms with Crippen molar-refractivity contribution in [1.82, 2.24) is 10.2 Å².